The van der Waals surface area contributed by atoms with Crippen molar-refractivity contribution < 1.29 is 19.2 Å². The number of aryl methyl sites for hydroxylation is 1. The Morgan fingerprint density at radius 1 is 0.933 bits per heavy atom. The number of carbonyl (C=O) groups excluding carboxylic acids is 4. The number of thiazole rings is 1. The lowest BCUT2D eigenvalue weighted by Crippen LogP contribution is -2.47. The topological polar surface area (TPSA) is 108 Å². The molecule has 0 unspecified atom stereocenters. The third-order valence-electron chi connectivity index (χ3n) is 4.52. The molecule has 0 saturated heterocycles. The maximum absolute atomic E-state index is 12.5. The van der Waals surface area contributed by atoms with E-state index in [0.717, 1.165) is 10.5 Å². The van der Waals surface area contributed by atoms with Gasteiger partial charge in [0, 0.05) is 5.56 Å². The largest absolute Gasteiger partial charge is 0.281 e. The minimum Gasteiger partial charge on any atom is -0.271 e. The Labute approximate surface area is 175 Å². The number of rotatable bonds is 4. The van der Waals surface area contributed by atoms with Crippen molar-refractivity contribution in [2.24, 2.45) is 0 Å². The molecule has 0 saturated carbocycles. The fraction of sp³-hybridized carbons (Fsp3) is 0.0952. The number of aromatic nitrogens is 1. The van der Waals surface area contributed by atoms with E-state index in [9.17, 15) is 19.2 Å². The summed E-state index contributed by atoms with van der Waals surface area (Å²) in [6.07, 6.45) is 0. The lowest BCUT2D eigenvalue weighted by Gasteiger charge is -2.13. The lowest BCUT2D eigenvalue weighted by molar-refractivity contribution is -0.122. The molecular formula is C21H16N4O4S. The van der Waals surface area contributed by atoms with E-state index in [-0.39, 0.29) is 11.1 Å². The molecule has 0 spiro atoms. The molecule has 30 heavy (non-hydrogen) atoms. The second kappa shape index (κ2) is 7.88. The zero-order valence-corrected chi connectivity index (χ0v) is 16.7. The molecule has 2 aromatic carbocycles. The van der Waals surface area contributed by atoms with Crippen LogP contribution in [0.3, 0.4) is 0 Å². The van der Waals surface area contributed by atoms with Gasteiger partial charge < -0.3 is 0 Å². The molecule has 1 aromatic heterocycles. The first kappa shape index (κ1) is 19.5. The number of nitrogens with zero attached hydrogens (tertiary/aromatic N) is 2. The van der Waals surface area contributed by atoms with Gasteiger partial charge in [-0.05, 0) is 19.1 Å². The molecule has 4 amide bonds. The number of nitrogens with one attached hydrogen (secondary N) is 2. The van der Waals surface area contributed by atoms with Gasteiger partial charge in [0.05, 0.1) is 16.8 Å². The second-order valence-corrected chi connectivity index (χ2v) is 7.54. The van der Waals surface area contributed by atoms with Crippen LogP contribution >= 0.6 is 11.3 Å². The van der Waals surface area contributed by atoms with Crippen LogP contribution < -0.4 is 10.9 Å². The lowest BCUT2D eigenvalue weighted by atomic mass is 10.1. The number of benzene rings is 2. The normalized spacial score (nSPS) is 12.6. The average molecular weight is 420 g/mol. The Balaban J connectivity index is 1.38. The zero-order valence-electron chi connectivity index (χ0n) is 15.8. The maximum Gasteiger partial charge on any atom is 0.281 e. The van der Waals surface area contributed by atoms with Crippen LogP contribution in [-0.4, -0.2) is 40.1 Å². The number of hydrogen-bond acceptors (Lipinski definition) is 6. The summed E-state index contributed by atoms with van der Waals surface area (Å²) in [5.41, 5.74) is 6.49. The second-order valence-electron chi connectivity index (χ2n) is 6.54. The first-order chi connectivity index (χ1) is 14.5. The van der Waals surface area contributed by atoms with Gasteiger partial charge in [-0.1, -0.05) is 42.5 Å². The first-order valence-electron chi connectivity index (χ1n) is 9.03. The molecule has 3 aromatic rings. The molecule has 150 valence electrons. The van der Waals surface area contributed by atoms with Gasteiger partial charge >= 0.3 is 0 Å². The van der Waals surface area contributed by atoms with Crippen molar-refractivity contribution in [3.8, 4) is 10.6 Å². The molecular weight excluding hydrogens is 404 g/mol. The van der Waals surface area contributed by atoms with Crippen molar-refractivity contribution in [2.45, 2.75) is 6.92 Å². The molecule has 0 bridgehead atoms. The number of fused-ring (bicyclic) bond motifs is 1. The summed E-state index contributed by atoms with van der Waals surface area (Å²) in [5, 5.41) is 0.690. The van der Waals surface area contributed by atoms with Crippen LogP contribution in [-0.2, 0) is 4.79 Å². The van der Waals surface area contributed by atoms with Crippen molar-refractivity contribution in [1.82, 2.24) is 20.7 Å². The summed E-state index contributed by atoms with van der Waals surface area (Å²) in [4.78, 5) is 54.9. The van der Waals surface area contributed by atoms with E-state index in [2.05, 4.69) is 15.8 Å². The van der Waals surface area contributed by atoms with Crippen molar-refractivity contribution in [3.63, 3.8) is 0 Å². The van der Waals surface area contributed by atoms with Crippen LogP contribution in [0.5, 0.6) is 0 Å². The van der Waals surface area contributed by atoms with Gasteiger partial charge in [-0.2, -0.15) is 0 Å². The molecule has 4 rings (SSSR count). The van der Waals surface area contributed by atoms with Crippen LogP contribution in [0, 0.1) is 6.92 Å². The van der Waals surface area contributed by atoms with Crippen molar-refractivity contribution in [1.29, 1.82) is 0 Å². The SMILES string of the molecule is Cc1nc(-c2ccccc2)sc1C(=O)NNC(=O)CN1C(=O)c2ccccc2C1=O. The highest BCUT2D eigenvalue weighted by atomic mass is 32.1. The zero-order chi connectivity index (χ0) is 21.3. The van der Waals surface area contributed by atoms with Crippen molar-refractivity contribution in [3.05, 3.63) is 76.3 Å². The fourth-order valence-electron chi connectivity index (χ4n) is 3.06. The maximum atomic E-state index is 12.5. The van der Waals surface area contributed by atoms with Crippen LogP contribution in [0.25, 0.3) is 10.6 Å². The van der Waals surface area contributed by atoms with Crippen molar-refractivity contribution in [2.75, 3.05) is 6.54 Å². The number of imide groups is 1. The highest BCUT2D eigenvalue weighted by Crippen LogP contribution is 2.27. The minimum absolute atomic E-state index is 0.257. The van der Waals surface area contributed by atoms with Gasteiger partial charge in [0.15, 0.2) is 0 Å². The summed E-state index contributed by atoms with van der Waals surface area (Å²) >= 11 is 1.20. The smallest absolute Gasteiger partial charge is 0.271 e. The van der Waals surface area contributed by atoms with E-state index in [0.29, 0.717) is 15.6 Å². The van der Waals surface area contributed by atoms with Crippen LogP contribution in [0.15, 0.2) is 54.6 Å². The van der Waals surface area contributed by atoms with Gasteiger partial charge in [0.25, 0.3) is 23.6 Å². The van der Waals surface area contributed by atoms with E-state index in [1.807, 2.05) is 30.3 Å². The molecule has 0 aliphatic carbocycles. The Kier molecular flexibility index (Phi) is 5.11. The van der Waals surface area contributed by atoms with Gasteiger partial charge in [-0.3, -0.25) is 34.9 Å². The molecule has 8 nitrogen and oxygen atoms in total. The number of hydrazine groups is 1. The Hall–Kier alpha value is -3.85. The Bertz CT molecular complexity index is 1140. The van der Waals surface area contributed by atoms with Crippen LogP contribution in [0.1, 0.15) is 36.1 Å². The molecule has 9 heteroatoms. The van der Waals surface area contributed by atoms with Gasteiger partial charge in [-0.15, -0.1) is 11.3 Å². The van der Waals surface area contributed by atoms with Gasteiger partial charge in [-0.25, -0.2) is 4.98 Å². The average Bonchev–Trinajstić information content (AvgIpc) is 3.27. The van der Waals surface area contributed by atoms with E-state index in [1.165, 1.54) is 23.5 Å². The van der Waals surface area contributed by atoms with Gasteiger partial charge in [0.2, 0.25) is 0 Å². The minimum atomic E-state index is -0.691. The fourth-order valence-corrected chi connectivity index (χ4v) is 4.03. The number of amides is 4. The third-order valence-corrected chi connectivity index (χ3v) is 5.72. The van der Waals surface area contributed by atoms with E-state index < -0.39 is 30.2 Å². The molecule has 2 heterocycles. The quantitative estimate of drug-likeness (QED) is 0.497. The number of carbonyl (C=O) groups is 4. The Morgan fingerprint density at radius 3 is 2.17 bits per heavy atom. The third kappa shape index (κ3) is 3.58. The van der Waals surface area contributed by atoms with Crippen LogP contribution in [0.4, 0.5) is 0 Å². The highest BCUT2D eigenvalue weighted by molar-refractivity contribution is 7.17. The summed E-state index contributed by atoms with van der Waals surface area (Å²) in [6.45, 7) is 1.21. The van der Waals surface area contributed by atoms with Crippen LogP contribution in [0.2, 0.25) is 0 Å². The predicted octanol–water partition coefficient (Wildman–Crippen LogP) is 2.18. The summed E-state index contributed by atoms with van der Waals surface area (Å²) in [5.74, 6) is -2.29. The van der Waals surface area contributed by atoms with E-state index >= 15 is 0 Å². The molecule has 0 radical (unpaired) electrons. The monoisotopic (exact) mass is 420 g/mol. The van der Waals surface area contributed by atoms with E-state index in [1.54, 1.807) is 19.1 Å². The standard InChI is InChI=1S/C21H16N4O4S/c1-12-17(30-19(22-12)13-7-3-2-4-8-13)18(27)24-23-16(26)11-25-20(28)14-9-5-6-10-15(14)21(25)29/h2-10H,11H2,1H3,(H,23,26)(H,24,27). The summed E-state index contributed by atoms with van der Waals surface area (Å²) < 4.78 is 0. The van der Waals surface area contributed by atoms with Gasteiger partial charge in [0.1, 0.15) is 16.4 Å². The first-order valence-corrected chi connectivity index (χ1v) is 9.84. The molecule has 2 N–H and O–H groups in total. The van der Waals surface area contributed by atoms with E-state index in [4.69, 9.17) is 0 Å². The van der Waals surface area contributed by atoms with Crippen molar-refractivity contribution >= 4 is 35.0 Å². The molecule has 1 aliphatic heterocycles. The highest BCUT2D eigenvalue weighted by Gasteiger charge is 2.36. The predicted molar refractivity (Wildman–Crippen MR) is 110 cm³/mol. The number of hydrogen-bond donors (Lipinski definition) is 2. The molecule has 0 atom stereocenters. The molecule has 1 aliphatic rings. The summed E-state index contributed by atoms with van der Waals surface area (Å²) in [6, 6.07) is 15.8. The summed E-state index contributed by atoms with van der Waals surface area (Å²) in [7, 11) is 0. The Morgan fingerprint density at radius 2 is 1.53 bits per heavy atom. The molecule has 0 fully saturated rings.